The normalized spacial score (nSPS) is 19.8. The summed E-state index contributed by atoms with van der Waals surface area (Å²) >= 11 is 7.38. The summed E-state index contributed by atoms with van der Waals surface area (Å²) in [4.78, 5) is 4.95. The molecule has 6 heteroatoms. The van der Waals surface area contributed by atoms with Crippen molar-refractivity contribution in [2.24, 2.45) is 0 Å². The van der Waals surface area contributed by atoms with E-state index in [4.69, 9.17) is 21.7 Å². The van der Waals surface area contributed by atoms with Crippen molar-refractivity contribution in [3.63, 3.8) is 0 Å². The van der Waals surface area contributed by atoms with Crippen LogP contribution in [-0.2, 0) is 6.42 Å². The minimum atomic E-state index is 0.754. The van der Waals surface area contributed by atoms with Gasteiger partial charge in [-0.05, 0) is 37.0 Å². The van der Waals surface area contributed by atoms with Gasteiger partial charge < -0.3 is 14.4 Å². The van der Waals surface area contributed by atoms with E-state index in [1.54, 1.807) is 14.2 Å². The Morgan fingerprint density at radius 3 is 2.62 bits per heavy atom. The lowest BCUT2D eigenvalue weighted by atomic mass is 10.1. The van der Waals surface area contributed by atoms with Crippen molar-refractivity contribution in [2.45, 2.75) is 38.1 Å². The lowest BCUT2D eigenvalue weighted by molar-refractivity contribution is 0.159. The number of hydrogen-bond donors (Lipinski definition) is 0. The summed E-state index contributed by atoms with van der Waals surface area (Å²) in [6.45, 7) is 1.92. The third kappa shape index (κ3) is 4.16. The van der Waals surface area contributed by atoms with Crippen LogP contribution < -0.4 is 9.47 Å². The molecule has 132 valence electrons. The average molecular weight is 367 g/mol. The minimum absolute atomic E-state index is 0.754. The zero-order valence-electron chi connectivity index (χ0n) is 14.5. The average Bonchev–Trinajstić information content (AvgIpc) is 3.15. The molecule has 0 radical (unpaired) electrons. The summed E-state index contributed by atoms with van der Waals surface area (Å²) < 4.78 is 11.7. The van der Waals surface area contributed by atoms with Crippen LogP contribution in [0.3, 0.4) is 0 Å². The molecule has 2 aliphatic rings. The third-order valence-electron chi connectivity index (χ3n) is 4.92. The van der Waals surface area contributed by atoms with Crippen LogP contribution >= 0.6 is 24.0 Å². The topological polar surface area (TPSA) is 24.9 Å². The number of ether oxygens (including phenoxy) is 2. The maximum absolute atomic E-state index is 5.58. The number of rotatable bonds is 6. The van der Waals surface area contributed by atoms with Gasteiger partial charge in [-0.25, -0.2) is 0 Å². The number of thiocarbonyl (C=S) groups is 1. The summed E-state index contributed by atoms with van der Waals surface area (Å²) in [5, 5.41) is 0. The summed E-state index contributed by atoms with van der Waals surface area (Å²) in [6.07, 6.45) is 6.40. The van der Waals surface area contributed by atoms with Crippen molar-refractivity contribution in [2.75, 3.05) is 33.3 Å². The van der Waals surface area contributed by atoms with Crippen LogP contribution in [0.25, 0.3) is 0 Å². The molecule has 24 heavy (non-hydrogen) atoms. The zero-order chi connectivity index (χ0) is 16.9. The Morgan fingerprint density at radius 2 is 1.92 bits per heavy atom. The lowest BCUT2D eigenvalue weighted by Crippen LogP contribution is -2.48. The van der Waals surface area contributed by atoms with Crippen LogP contribution in [0, 0.1) is 0 Å². The maximum atomic E-state index is 5.58. The first-order chi connectivity index (χ1) is 11.7. The monoisotopic (exact) mass is 366 g/mol. The van der Waals surface area contributed by atoms with Crippen LogP contribution in [0.15, 0.2) is 18.2 Å². The van der Waals surface area contributed by atoms with Gasteiger partial charge >= 0.3 is 0 Å². The fourth-order valence-corrected chi connectivity index (χ4v) is 4.71. The molecule has 1 saturated heterocycles. The van der Waals surface area contributed by atoms with E-state index in [-0.39, 0.29) is 0 Å². The Balaban J connectivity index is 1.59. The van der Waals surface area contributed by atoms with Crippen LogP contribution in [0.5, 0.6) is 11.5 Å². The first-order valence-electron chi connectivity index (χ1n) is 8.58. The SMILES string of the molecule is COc1ccc(CCN2CN(C3CCCC3)CSC2=S)cc1OC. The molecular weight excluding hydrogens is 340 g/mol. The number of benzene rings is 1. The highest BCUT2D eigenvalue weighted by molar-refractivity contribution is 8.22. The van der Waals surface area contributed by atoms with E-state index in [1.165, 1.54) is 31.2 Å². The van der Waals surface area contributed by atoms with Crippen molar-refractivity contribution in [1.29, 1.82) is 0 Å². The Hall–Kier alpha value is -0.980. The van der Waals surface area contributed by atoms with E-state index < -0.39 is 0 Å². The molecule has 1 aromatic carbocycles. The number of thioether (sulfide) groups is 1. The molecule has 1 saturated carbocycles. The molecule has 0 amide bonds. The lowest BCUT2D eigenvalue weighted by Gasteiger charge is -2.39. The van der Waals surface area contributed by atoms with E-state index in [0.29, 0.717) is 0 Å². The highest BCUT2D eigenvalue weighted by Gasteiger charge is 2.28. The quantitative estimate of drug-likeness (QED) is 0.711. The van der Waals surface area contributed by atoms with Crippen molar-refractivity contribution < 1.29 is 9.47 Å². The Morgan fingerprint density at radius 1 is 1.17 bits per heavy atom. The van der Waals surface area contributed by atoms with Gasteiger partial charge in [0.05, 0.1) is 26.8 Å². The molecule has 0 N–H and O–H groups in total. The van der Waals surface area contributed by atoms with Gasteiger partial charge in [-0.2, -0.15) is 0 Å². The summed E-state index contributed by atoms with van der Waals surface area (Å²) in [5.74, 6) is 2.62. The standard InChI is InChI=1S/C18H26N2O2S2/c1-21-16-8-7-14(11-17(16)22-2)9-10-19-12-20(13-24-18(19)23)15-5-3-4-6-15/h7-8,11,15H,3-6,9-10,12-13H2,1-2H3. The number of nitrogens with zero attached hydrogens (tertiary/aromatic N) is 2. The molecule has 3 rings (SSSR count). The predicted molar refractivity (Wildman–Crippen MR) is 104 cm³/mol. The highest BCUT2D eigenvalue weighted by Crippen LogP contribution is 2.30. The van der Waals surface area contributed by atoms with E-state index in [9.17, 15) is 0 Å². The molecule has 1 aromatic rings. The summed E-state index contributed by atoms with van der Waals surface area (Å²) in [5.41, 5.74) is 1.25. The first-order valence-corrected chi connectivity index (χ1v) is 9.97. The Bertz CT molecular complexity index is 576. The fraction of sp³-hybridized carbons (Fsp3) is 0.611. The minimum Gasteiger partial charge on any atom is -0.493 e. The molecule has 0 aromatic heterocycles. The second-order valence-corrected chi connectivity index (χ2v) is 7.99. The van der Waals surface area contributed by atoms with E-state index in [0.717, 1.165) is 47.4 Å². The second kappa shape index (κ2) is 8.41. The largest absolute Gasteiger partial charge is 0.493 e. The van der Waals surface area contributed by atoms with Gasteiger partial charge in [0.1, 0.15) is 4.32 Å². The molecule has 1 heterocycles. The van der Waals surface area contributed by atoms with Crippen molar-refractivity contribution in [1.82, 2.24) is 9.80 Å². The molecule has 4 nitrogen and oxygen atoms in total. The van der Waals surface area contributed by atoms with Crippen molar-refractivity contribution >= 4 is 28.3 Å². The van der Waals surface area contributed by atoms with Crippen molar-refractivity contribution in [3.05, 3.63) is 23.8 Å². The second-order valence-electron chi connectivity index (χ2n) is 6.41. The summed E-state index contributed by atoms with van der Waals surface area (Å²) in [7, 11) is 3.34. The van der Waals surface area contributed by atoms with E-state index in [1.807, 2.05) is 17.8 Å². The van der Waals surface area contributed by atoms with Crippen molar-refractivity contribution in [3.8, 4) is 11.5 Å². The number of methoxy groups -OCH3 is 2. The third-order valence-corrected chi connectivity index (χ3v) is 6.50. The summed E-state index contributed by atoms with van der Waals surface area (Å²) in [6, 6.07) is 6.90. The van der Waals surface area contributed by atoms with Crippen LogP contribution in [0.2, 0.25) is 0 Å². The Kier molecular flexibility index (Phi) is 6.25. The smallest absolute Gasteiger partial charge is 0.160 e. The number of hydrogen-bond acceptors (Lipinski definition) is 5. The fourth-order valence-electron chi connectivity index (χ4n) is 3.50. The Labute approximate surface area is 154 Å². The zero-order valence-corrected chi connectivity index (χ0v) is 16.1. The van der Waals surface area contributed by atoms with Gasteiger partial charge in [0, 0.05) is 12.6 Å². The van der Waals surface area contributed by atoms with E-state index in [2.05, 4.69) is 21.9 Å². The van der Waals surface area contributed by atoms with E-state index >= 15 is 0 Å². The van der Waals surface area contributed by atoms with Crippen LogP contribution in [0.1, 0.15) is 31.2 Å². The first kappa shape index (κ1) is 17.8. The molecule has 0 unspecified atom stereocenters. The van der Waals surface area contributed by atoms with Gasteiger partial charge in [-0.3, -0.25) is 4.90 Å². The molecule has 0 spiro atoms. The predicted octanol–water partition coefficient (Wildman–Crippen LogP) is 3.74. The molecule has 1 aliphatic heterocycles. The maximum Gasteiger partial charge on any atom is 0.160 e. The highest BCUT2D eigenvalue weighted by atomic mass is 32.2. The van der Waals surface area contributed by atoms with Gasteiger partial charge in [-0.1, -0.05) is 42.9 Å². The van der Waals surface area contributed by atoms with Gasteiger partial charge in [0.25, 0.3) is 0 Å². The van der Waals surface area contributed by atoms with Crippen LogP contribution in [0.4, 0.5) is 0 Å². The van der Waals surface area contributed by atoms with Crippen LogP contribution in [-0.4, -0.2) is 53.5 Å². The molecule has 0 atom stereocenters. The van der Waals surface area contributed by atoms with Gasteiger partial charge in [0.2, 0.25) is 0 Å². The molecular formula is C18H26N2O2S2. The van der Waals surface area contributed by atoms with Gasteiger partial charge in [0.15, 0.2) is 11.5 Å². The molecule has 0 bridgehead atoms. The van der Waals surface area contributed by atoms with Gasteiger partial charge in [-0.15, -0.1) is 0 Å². The molecule has 2 fully saturated rings. The molecule has 1 aliphatic carbocycles.